The summed E-state index contributed by atoms with van der Waals surface area (Å²) in [6.45, 7) is 3.02. The smallest absolute Gasteiger partial charge is 0.124 e. The monoisotopic (exact) mass is 275 g/mol. The number of hydrogen-bond donors (Lipinski definition) is 1. The molecule has 100 valence electrons. The highest BCUT2D eigenvalue weighted by atomic mass is 32.2. The van der Waals surface area contributed by atoms with E-state index in [-0.39, 0.29) is 5.82 Å². The Labute approximate surface area is 118 Å². The van der Waals surface area contributed by atoms with Crippen LogP contribution in [0, 0.1) is 5.82 Å². The minimum absolute atomic E-state index is 0.176. The van der Waals surface area contributed by atoms with Crippen LogP contribution in [0.3, 0.4) is 0 Å². The van der Waals surface area contributed by atoms with Crippen molar-refractivity contribution in [2.45, 2.75) is 17.9 Å². The van der Waals surface area contributed by atoms with Gasteiger partial charge in [0, 0.05) is 16.7 Å². The molecule has 0 radical (unpaired) electrons. The van der Waals surface area contributed by atoms with E-state index in [0.29, 0.717) is 6.04 Å². The molecule has 2 aromatic carbocycles. The lowest BCUT2D eigenvalue weighted by atomic mass is 10.1. The summed E-state index contributed by atoms with van der Waals surface area (Å²) in [5.74, 6) is 0.714. The number of thioether (sulfide) groups is 1. The largest absolute Gasteiger partial charge is 0.309 e. The lowest BCUT2D eigenvalue weighted by Crippen LogP contribution is -2.22. The molecule has 1 nitrogen and oxygen atoms in total. The van der Waals surface area contributed by atoms with Gasteiger partial charge in [-0.2, -0.15) is 0 Å². The molecule has 0 aliphatic carbocycles. The SMILES string of the molecule is CCNC(CSc1cccc(F)c1)c1ccccc1. The molecule has 1 N–H and O–H groups in total. The fourth-order valence-electron chi connectivity index (χ4n) is 1.94. The molecule has 19 heavy (non-hydrogen) atoms. The number of nitrogens with one attached hydrogen (secondary N) is 1. The van der Waals surface area contributed by atoms with E-state index in [4.69, 9.17) is 0 Å². The van der Waals surface area contributed by atoms with Crippen molar-refractivity contribution in [2.24, 2.45) is 0 Å². The quantitative estimate of drug-likeness (QED) is 0.790. The van der Waals surface area contributed by atoms with Gasteiger partial charge in [-0.1, -0.05) is 43.3 Å². The van der Waals surface area contributed by atoms with E-state index < -0.39 is 0 Å². The number of rotatable bonds is 6. The minimum Gasteiger partial charge on any atom is -0.309 e. The number of hydrogen-bond acceptors (Lipinski definition) is 2. The summed E-state index contributed by atoms with van der Waals surface area (Å²) >= 11 is 1.67. The van der Waals surface area contributed by atoms with Crippen LogP contribution in [0.5, 0.6) is 0 Å². The van der Waals surface area contributed by atoms with Crippen LogP contribution in [-0.4, -0.2) is 12.3 Å². The zero-order valence-electron chi connectivity index (χ0n) is 11.0. The third-order valence-electron chi connectivity index (χ3n) is 2.87. The van der Waals surface area contributed by atoms with Crippen molar-refractivity contribution < 1.29 is 4.39 Å². The highest BCUT2D eigenvalue weighted by molar-refractivity contribution is 7.99. The van der Waals surface area contributed by atoms with Crippen molar-refractivity contribution in [3.05, 3.63) is 66.0 Å². The van der Waals surface area contributed by atoms with Gasteiger partial charge in [-0.05, 0) is 30.3 Å². The van der Waals surface area contributed by atoms with Crippen LogP contribution >= 0.6 is 11.8 Å². The highest BCUT2D eigenvalue weighted by Gasteiger charge is 2.10. The van der Waals surface area contributed by atoms with Gasteiger partial charge in [-0.25, -0.2) is 4.39 Å². The molecule has 1 atom stereocenters. The van der Waals surface area contributed by atoms with Crippen LogP contribution in [-0.2, 0) is 0 Å². The first-order valence-electron chi connectivity index (χ1n) is 6.46. The van der Waals surface area contributed by atoms with Gasteiger partial charge in [-0.15, -0.1) is 11.8 Å². The lowest BCUT2D eigenvalue weighted by Gasteiger charge is -2.18. The second-order valence-corrected chi connectivity index (χ2v) is 5.38. The van der Waals surface area contributed by atoms with Gasteiger partial charge in [0.05, 0.1) is 0 Å². The molecule has 0 saturated carbocycles. The second kappa shape index (κ2) is 7.31. The van der Waals surface area contributed by atoms with Crippen LogP contribution in [0.2, 0.25) is 0 Å². The Morgan fingerprint density at radius 1 is 1.11 bits per heavy atom. The van der Waals surface area contributed by atoms with Crippen molar-refractivity contribution in [2.75, 3.05) is 12.3 Å². The summed E-state index contributed by atoms with van der Waals surface area (Å²) in [7, 11) is 0. The second-order valence-electron chi connectivity index (χ2n) is 4.29. The molecule has 2 rings (SSSR count). The van der Waals surface area contributed by atoms with Gasteiger partial charge >= 0.3 is 0 Å². The van der Waals surface area contributed by atoms with Gasteiger partial charge in [0.15, 0.2) is 0 Å². The predicted molar refractivity (Wildman–Crippen MR) is 80.0 cm³/mol. The Morgan fingerprint density at radius 2 is 1.89 bits per heavy atom. The Balaban J connectivity index is 2.01. The van der Waals surface area contributed by atoms with E-state index in [2.05, 4.69) is 24.4 Å². The third-order valence-corrected chi connectivity index (χ3v) is 3.95. The molecular weight excluding hydrogens is 257 g/mol. The van der Waals surface area contributed by atoms with E-state index in [0.717, 1.165) is 17.2 Å². The average molecular weight is 275 g/mol. The molecule has 0 aliphatic heterocycles. The average Bonchev–Trinajstić information content (AvgIpc) is 2.44. The Bertz CT molecular complexity index is 501. The molecular formula is C16H18FNS. The van der Waals surface area contributed by atoms with E-state index in [1.807, 2.05) is 24.3 Å². The minimum atomic E-state index is -0.176. The summed E-state index contributed by atoms with van der Waals surface area (Å²) in [5.41, 5.74) is 1.27. The first-order valence-corrected chi connectivity index (χ1v) is 7.45. The van der Waals surface area contributed by atoms with Gasteiger partial charge in [0.2, 0.25) is 0 Å². The van der Waals surface area contributed by atoms with Crippen molar-refractivity contribution in [3.8, 4) is 0 Å². The van der Waals surface area contributed by atoms with Crippen molar-refractivity contribution in [3.63, 3.8) is 0 Å². The maximum absolute atomic E-state index is 13.1. The van der Waals surface area contributed by atoms with E-state index >= 15 is 0 Å². The summed E-state index contributed by atoms with van der Waals surface area (Å²) in [6, 6.07) is 17.4. The van der Waals surface area contributed by atoms with Crippen LogP contribution in [0.4, 0.5) is 4.39 Å². The Hall–Kier alpha value is -1.32. The maximum Gasteiger partial charge on any atom is 0.124 e. The van der Waals surface area contributed by atoms with Crippen molar-refractivity contribution in [1.82, 2.24) is 5.32 Å². The fraction of sp³-hybridized carbons (Fsp3) is 0.250. The summed E-state index contributed by atoms with van der Waals surface area (Å²) < 4.78 is 13.1. The molecule has 0 heterocycles. The summed E-state index contributed by atoms with van der Waals surface area (Å²) in [5, 5.41) is 3.47. The molecule has 0 bridgehead atoms. The molecule has 0 saturated heterocycles. The molecule has 2 aromatic rings. The van der Waals surface area contributed by atoms with Crippen LogP contribution in [0.1, 0.15) is 18.5 Å². The zero-order chi connectivity index (χ0) is 13.5. The zero-order valence-corrected chi connectivity index (χ0v) is 11.8. The standard InChI is InChI=1S/C16H18FNS/c1-2-18-16(13-7-4-3-5-8-13)12-19-15-10-6-9-14(17)11-15/h3-11,16,18H,2,12H2,1H3. The Kier molecular flexibility index (Phi) is 5.43. The summed E-state index contributed by atoms with van der Waals surface area (Å²) in [6.07, 6.45) is 0. The van der Waals surface area contributed by atoms with Crippen LogP contribution in [0.15, 0.2) is 59.5 Å². The summed E-state index contributed by atoms with van der Waals surface area (Å²) in [4.78, 5) is 0.971. The van der Waals surface area contributed by atoms with Gasteiger partial charge in [0.1, 0.15) is 5.82 Å². The molecule has 0 amide bonds. The number of benzene rings is 2. The first-order chi connectivity index (χ1) is 9.29. The van der Waals surface area contributed by atoms with Crippen molar-refractivity contribution >= 4 is 11.8 Å². The van der Waals surface area contributed by atoms with Crippen LogP contribution < -0.4 is 5.32 Å². The third kappa shape index (κ3) is 4.37. The van der Waals surface area contributed by atoms with E-state index in [1.165, 1.54) is 11.6 Å². The van der Waals surface area contributed by atoms with Gasteiger partial charge in [0.25, 0.3) is 0 Å². The van der Waals surface area contributed by atoms with Crippen molar-refractivity contribution in [1.29, 1.82) is 0 Å². The normalized spacial score (nSPS) is 12.3. The molecule has 0 spiro atoms. The molecule has 1 unspecified atom stereocenters. The van der Waals surface area contributed by atoms with E-state index in [1.54, 1.807) is 23.9 Å². The topological polar surface area (TPSA) is 12.0 Å². The predicted octanol–water partition coefficient (Wildman–Crippen LogP) is 4.27. The fourth-order valence-corrected chi connectivity index (χ4v) is 2.98. The highest BCUT2D eigenvalue weighted by Crippen LogP contribution is 2.25. The first kappa shape index (κ1) is 14.1. The lowest BCUT2D eigenvalue weighted by molar-refractivity contribution is 0.605. The molecule has 0 aliphatic rings. The Morgan fingerprint density at radius 3 is 2.58 bits per heavy atom. The van der Waals surface area contributed by atoms with Gasteiger partial charge in [-0.3, -0.25) is 0 Å². The van der Waals surface area contributed by atoms with Gasteiger partial charge < -0.3 is 5.32 Å². The maximum atomic E-state index is 13.1. The van der Waals surface area contributed by atoms with E-state index in [9.17, 15) is 4.39 Å². The molecule has 0 aromatic heterocycles. The number of halogens is 1. The molecule has 0 fully saturated rings. The van der Waals surface area contributed by atoms with Crippen LogP contribution in [0.25, 0.3) is 0 Å². The molecule has 3 heteroatoms.